The molecule has 0 unspecified atom stereocenters. The van der Waals surface area contributed by atoms with Crippen LogP contribution in [0, 0.1) is 0 Å². The monoisotopic (exact) mass is 444 g/mol. The van der Waals surface area contributed by atoms with Crippen molar-refractivity contribution in [3.05, 3.63) is 70.5 Å². The first kappa shape index (κ1) is 19.4. The Morgan fingerprint density at radius 1 is 1.07 bits per heavy atom. The van der Waals surface area contributed by atoms with Gasteiger partial charge in [0.2, 0.25) is 5.91 Å². The Kier molecular flexibility index (Phi) is 5.53. The van der Waals surface area contributed by atoms with Crippen molar-refractivity contribution in [2.45, 2.75) is 6.42 Å². The fourth-order valence-electron chi connectivity index (χ4n) is 2.65. The van der Waals surface area contributed by atoms with Gasteiger partial charge in [-0.25, -0.2) is 4.98 Å². The van der Waals surface area contributed by atoms with Gasteiger partial charge in [-0.3, -0.25) is 9.78 Å². The van der Waals surface area contributed by atoms with Crippen molar-refractivity contribution in [2.24, 2.45) is 5.73 Å². The summed E-state index contributed by atoms with van der Waals surface area (Å²) in [4.78, 5) is 19.8. The molecule has 0 spiro atoms. The molecule has 0 atom stereocenters. The van der Waals surface area contributed by atoms with Gasteiger partial charge in [-0.2, -0.15) is 0 Å². The van der Waals surface area contributed by atoms with Gasteiger partial charge in [0.1, 0.15) is 11.5 Å². The van der Waals surface area contributed by atoms with E-state index in [2.05, 4.69) is 15.3 Å². The van der Waals surface area contributed by atoms with E-state index in [4.69, 9.17) is 33.7 Å². The molecule has 9 heteroatoms. The summed E-state index contributed by atoms with van der Waals surface area (Å²) in [6.45, 7) is 0. The number of rotatable bonds is 6. The van der Waals surface area contributed by atoms with E-state index in [-0.39, 0.29) is 6.42 Å². The number of nitrogens with one attached hydrogen (secondary N) is 1. The van der Waals surface area contributed by atoms with Crippen LogP contribution in [0.4, 0.5) is 10.8 Å². The van der Waals surface area contributed by atoms with Crippen molar-refractivity contribution in [1.82, 2.24) is 9.97 Å². The summed E-state index contributed by atoms with van der Waals surface area (Å²) in [7, 11) is 0. The third-order valence-corrected chi connectivity index (χ3v) is 5.60. The van der Waals surface area contributed by atoms with Crippen LogP contribution < -0.4 is 15.8 Å². The Bertz CT molecular complexity index is 1210. The quantitative estimate of drug-likeness (QED) is 0.406. The second-order valence-electron chi connectivity index (χ2n) is 6.13. The maximum Gasteiger partial charge on any atom is 0.223 e. The van der Waals surface area contributed by atoms with Gasteiger partial charge in [-0.15, -0.1) is 0 Å². The highest BCUT2D eigenvalue weighted by Crippen LogP contribution is 2.33. The second kappa shape index (κ2) is 8.24. The van der Waals surface area contributed by atoms with Crippen molar-refractivity contribution in [3.8, 4) is 11.5 Å². The molecule has 0 aliphatic heterocycles. The molecule has 2 aromatic carbocycles. The molecule has 0 saturated carbocycles. The number of pyridine rings is 1. The number of amides is 1. The first-order valence-electron chi connectivity index (χ1n) is 8.50. The zero-order valence-corrected chi connectivity index (χ0v) is 17.2. The van der Waals surface area contributed by atoms with Crippen LogP contribution in [-0.2, 0) is 11.2 Å². The minimum absolute atomic E-state index is 0.0616. The minimum Gasteiger partial charge on any atom is -0.457 e. The molecule has 6 nitrogen and oxygen atoms in total. The number of ether oxygens (including phenoxy) is 1. The molecule has 146 valence electrons. The molecule has 2 aromatic heterocycles. The van der Waals surface area contributed by atoms with Crippen LogP contribution in [0.25, 0.3) is 10.2 Å². The summed E-state index contributed by atoms with van der Waals surface area (Å²) >= 11 is 13.5. The van der Waals surface area contributed by atoms with Crippen molar-refractivity contribution >= 4 is 61.5 Å². The molecule has 29 heavy (non-hydrogen) atoms. The van der Waals surface area contributed by atoms with Crippen LogP contribution >= 0.6 is 34.5 Å². The van der Waals surface area contributed by atoms with Gasteiger partial charge in [-0.1, -0.05) is 34.5 Å². The zero-order valence-electron chi connectivity index (χ0n) is 14.9. The van der Waals surface area contributed by atoms with E-state index in [9.17, 15) is 4.79 Å². The van der Waals surface area contributed by atoms with Crippen molar-refractivity contribution in [3.63, 3.8) is 0 Å². The first-order valence-corrected chi connectivity index (χ1v) is 10.1. The fourth-order valence-corrected chi connectivity index (χ4v) is 3.82. The summed E-state index contributed by atoms with van der Waals surface area (Å²) in [5, 5.41) is 4.93. The van der Waals surface area contributed by atoms with Gasteiger partial charge in [-0.05, 0) is 36.4 Å². The number of halogens is 2. The number of anilines is 2. The SMILES string of the molecule is NC(=O)Cc1cc(Oc2ccc3sc(Nc4ccc(Cl)c(Cl)c4)nc3c2)ccn1. The topological polar surface area (TPSA) is 90.1 Å². The van der Waals surface area contributed by atoms with Crippen LogP contribution in [0.3, 0.4) is 0 Å². The first-order chi connectivity index (χ1) is 14.0. The smallest absolute Gasteiger partial charge is 0.223 e. The average Bonchev–Trinajstić information content (AvgIpc) is 3.06. The molecular weight excluding hydrogens is 431 g/mol. The van der Waals surface area contributed by atoms with Crippen LogP contribution in [0.1, 0.15) is 5.69 Å². The number of thiazole rings is 1. The van der Waals surface area contributed by atoms with Crippen molar-refractivity contribution in [2.75, 3.05) is 5.32 Å². The molecule has 0 aliphatic rings. The molecule has 0 radical (unpaired) electrons. The molecule has 4 aromatic rings. The molecule has 0 bridgehead atoms. The Hall–Kier alpha value is -2.87. The van der Waals surface area contributed by atoms with E-state index >= 15 is 0 Å². The minimum atomic E-state index is -0.444. The third-order valence-electron chi connectivity index (χ3n) is 3.91. The normalized spacial score (nSPS) is 10.8. The number of nitrogens with two attached hydrogens (primary N) is 1. The van der Waals surface area contributed by atoms with Gasteiger partial charge in [0.25, 0.3) is 0 Å². The number of carbonyl (C=O) groups is 1. The van der Waals surface area contributed by atoms with Crippen molar-refractivity contribution < 1.29 is 9.53 Å². The van der Waals surface area contributed by atoms with Gasteiger partial charge in [0.05, 0.1) is 32.4 Å². The number of aromatic nitrogens is 2. The fraction of sp³-hybridized carbons (Fsp3) is 0.0500. The summed E-state index contributed by atoms with van der Waals surface area (Å²) in [6, 6.07) is 14.4. The lowest BCUT2D eigenvalue weighted by Gasteiger charge is -2.06. The van der Waals surface area contributed by atoms with E-state index in [0.717, 1.165) is 21.0 Å². The van der Waals surface area contributed by atoms with E-state index in [1.165, 1.54) is 11.3 Å². The lowest BCUT2D eigenvalue weighted by atomic mass is 10.2. The predicted molar refractivity (Wildman–Crippen MR) is 117 cm³/mol. The van der Waals surface area contributed by atoms with Gasteiger partial charge in [0.15, 0.2) is 5.13 Å². The average molecular weight is 445 g/mol. The summed E-state index contributed by atoms with van der Waals surface area (Å²) in [5.74, 6) is 0.751. The standard InChI is InChI=1S/C20H14Cl2N4O2S/c21-15-3-1-11(8-16(15)22)25-20-26-17-10-13(2-4-18(17)29-20)28-14-5-6-24-12(7-14)9-19(23)27/h1-8,10H,9H2,(H2,23,27)(H,25,26). The highest BCUT2D eigenvalue weighted by atomic mass is 35.5. The number of hydrogen-bond acceptors (Lipinski definition) is 6. The second-order valence-corrected chi connectivity index (χ2v) is 7.98. The number of primary amides is 1. The maximum atomic E-state index is 11.1. The third kappa shape index (κ3) is 4.76. The molecule has 1 amide bonds. The zero-order chi connectivity index (χ0) is 20.4. The highest BCUT2D eigenvalue weighted by Gasteiger charge is 2.08. The number of hydrogen-bond donors (Lipinski definition) is 2. The lowest BCUT2D eigenvalue weighted by molar-refractivity contribution is -0.117. The van der Waals surface area contributed by atoms with Crippen LogP contribution in [-0.4, -0.2) is 15.9 Å². The number of carbonyl (C=O) groups excluding carboxylic acids is 1. The molecule has 2 heterocycles. The Labute approximate surface area is 180 Å². The van der Waals surface area contributed by atoms with E-state index in [0.29, 0.717) is 27.2 Å². The Balaban J connectivity index is 1.54. The lowest BCUT2D eigenvalue weighted by Crippen LogP contribution is -2.14. The molecule has 0 aliphatic carbocycles. The molecule has 0 saturated heterocycles. The maximum absolute atomic E-state index is 11.1. The number of benzene rings is 2. The molecule has 0 fully saturated rings. The summed E-state index contributed by atoms with van der Waals surface area (Å²) in [6.07, 6.45) is 1.64. The largest absolute Gasteiger partial charge is 0.457 e. The molecule has 4 rings (SSSR count). The van der Waals surface area contributed by atoms with E-state index in [1.807, 2.05) is 24.3 Å². The molecular formula is C20H14Cl2N4O2S. The van der Waals surface area contributed by atoms with E-state index < -0.39 is 5.91 Å². The van der Waals surface area contributed by atoms with Gasteiger partial charge >= 0.3 is 0 Å². The molecule has 3 N–H and O–H groups in total. The van der Waals surface area contributed by atoms with Crippen LogP contribution in [0.15, 0.2) is 54.7 Å². The Morgan fingerprint density at radius 2 is 1.90 bits per heavy atom. The highest BCUT2D eigenvalue weighted by molar-refractivity contribution is 7.22. The van der Waals surface area contributed by atoms with Gasteiger partial charge in [0, 0.05) is 24.0 Å². The summed E-state index contributed by atoms with van der Waals surface area (Å²) in [5.41, 5.74) is 7.36. The summed E-state index contributed by atoms with van der Waals surface area (Å²) < 4.78 is 6.89. The number of fused-ring (bicyclic) bond motifs is 1. The Morgan fingerprint density at radius 3 is 2.69 bits per heavy atom. The van der Waals surface area contributed by atoms with Crippen LogP contribution in [0.5, 0.6) is 11.5 Å². The van der Waals surface area contributed by atoms with Crippen molar-refractivity contribution in [1.29, 1.82) is 0 Å². The van der Waals surface area contributed by atoms with Gasteiger partial charge < -0.3 is 15.8 Å². The number of nitrogens with zero attached hydrogens (tertiary/aromatic N) is 2. The van der Waals surface area contributed by atoms with E-state index in [1.54, 1.807) is 30.5 Å². The van der Waals surface area contributed by atoms with Crippen LogP contribution in [0.2, 0.25) is 10.0 Å². The predicted octanol–water partition coefficient (Wildman–Crippen LogP) is 5.56.